The van der Waals surface area contributed by atoms with Gasteiger partial charge in [0, 0.05) is 10.5 Å². The molecule has 0 aliphatic rings. The predicted molar refractivity (Wildman–Crippen MR) is 85.3 cm³/mol. The zero-order valence-corrected chi connectivity index (χ0v) is 13.4. The minimum atomic E-state index is -4.53. The summed E-state index contributed by atoms with van der Waals surface area (Å²) in [5.41, 5.74) is 4.10. The van der Waals surface area contributed by atoms with Gasteiger partial charge in [0.25, 0.3) is 5.91 Å². The van der Waals surface area contributed by atoms with E-state index < -0.39 is 23.5 Å². The number of carbonyl (C=O) groups is 1. The third-order valence-corrected chi connectivity index (χ3v) is 3.96. The fourth-order valence-corrected chi connectivity index (χ4v) is 2.66. The number of hydrogen-bond donors (Lipinski definition) is 2. The van der Waals surface area contributed by atoms with Crippen LogP contribution < -0.4 is 10.9 Å². The number of benzene rings is 2. The minimum Gasteiger partial charge on any atom is -0.297 e. The number of carbonyl (C=O) groups excluding carboxylic acids is 1. The van der Waals surface area contributed by atoms with E-state index in [-0.39, 0.29) is 5.56 Å². The highest BCUT2D eigenvalue weighted by molar-refractivity contribution is 7.99. The molecule has 0 aliphatic heterocycles. The molecule has 0 atom stereocenters. The third-order valence-electron chi connectivity index (χ3n) is 3.00. The fraction of sp³-hybridized carbons (Fsp3) is 0.188. The number of thioether (sulfide) groups is 1. The van der Waals surface area contributed by atoms with Gasteiger partial charge in [0.05, 0.1) is 11.3 Å². The van der Waals surface area contributed by atoms with Crippen LogP contribution in [0.1, 0.15) is 22.8 Å². The fourth-order valence-electron chi connectivity index (χ4n) is 1.91. The second-order valence-corrected chi connectivity index (χ2v) is 6.04. The van der Waals surface area contributed by atoms with Crippen molar-refractivity contribution in [1.82, 2.24) is 5.43 Å². The molecule has 2 rings (SSSR count). The molecule has 1 amide bonds. The summed E-state index contributed by atoms with van der Waals surface area (Å²) in [6.45, 7) is 1.92. The largest absolute Gasteiger partial charge is 0.416 e. The molecule has 0 aliphatic carbocycles. The Morgan fingerprint density at radius 3 is 2.58 bits per heavy atom. The van der Waals surface area contributed by atoms with Gasteiger partial charge in [0.1, 0.15) is 5.82 Å². The van der Waals surface area contributed by atoms with Crippen molar-refractivity contribution in [2.45, 2.75) is 18.0 Å². The van der Waals surface area contributed by atoms with Crippen LogP contribution in [0.5, 0.6) is 0 Å². The molecule has 0 unspecified atom stereocenters. The lowest BCUT2D eigenvalue weighted by Crippen LogP contribution is -2.29. The van der Waals surface area contributed by atoms with Gasteiger partial charge in [-0.3, -0.25) is 15.6 Å². The Bertz CT molecular complexity index is 734. The Morgan fingerprint density at radius 2 is 1.92 bits per heavy atom. The van der Waals surface area contributed by atoms with E-state index in [1.54, 1.807) is 6.07 Å². The van der Waals surface area contributed by atoms with Crippen molar-refractivity contribution in [2.75, 3.05) is 11.2 Å². The topological polar surface area (TPSA) is 41.1 Å². The molecule has 24 heavy (non-hydrogen) atoms. The minimum absolute atomic E-state index is 0.154. The van der Waals surface area contributed by atoms with Crippen LogP contribution in [0.4, 0.5) is 23.2 Å². The van der Waals surface area contributed by atoms with Gasteiger partial charge in [-0.2, -0.15) is 13.2 Å². The summed E-state index contributed by atoms with van der Waals surface area (Å²) in [5.74, 6) is -0.508. The van der Waals surface area contributed by atoms with Crippen molar-refractivity contribution in [3.05, 3.63) is 59.4 Å². The maximum absolute atomic E-state index is 13.3. The van der Waals surface area contributed by atoms with Gasteiger partial charge in [-0.25, -0.2) is 4.39 Å². The molecule has 0 saturated heterocycles. The molecule has 2 N–H and O–H groups in total. The second kappa shape index (κ2) is 7.57. The van der Waals surface area contributed by atoms with Crippen LogP contribution in [0, 0.1) is 5.82 Å². The lowest BCUT2D eigenvalue weighted by atomic mass is 10.1. The highest BCUT2D eigenvalue weighted by Gasteiger charge is 2.30. The van der Waals surface area contributed by atoms with E-state index in [1.165, 1.54) is 30.0 Å². The predicted octanol–water partition coefficient (Wildman–Crippen LogP) is 4.71. The molecule has 128 valence electrons. The maximum Gasteiger partial charge on any atom is 0.416 e. The van der Waals surface area contributed by atoms with E-state index in [4.69, 9.17) is 0 Å². The van der Waals surface area contributed by atoms with E-state index in [2.05, 4.69) is 10.9 Å². The highest BCUT2D eigenvalue weighted by Crippen LogP contribution is 2.30. The van der Waals surface area contributed by atoms with Crippen molar-refractivity contribution in [2.24, 2.45) is 0 Å². The average Bonchev–Trinajstić information content (AvgIpc) is 2.54. The summed E-state index contributed by atoms with van der Waals surface area (Å²) < 4.78 is 51.3. The van der Waals surface area contributed by atoms with Crippen molar-refractivity contribution in [3.63, 3.8) is 0 Å². The second-order valence-electron chi connectivity index (χ2n) is 4.73. The van der Waals surface area contributed by atoms with Crippen LogP contribution >= 0.6 is 11.8 Å². The number of amides is 1. The molecular weight excluding hydrogens is 344 g/mol. The maximum atomic E-state index is 13.3. The molecule has 0 radical (unpaired) electrons. The van der Waals surface area contributed by atoms with Crippen LogP contribution in [0.25, 0.3) is 0 Å². The van der Waals surface area contributed by atoms with Crippen LogP contribution in [0.15, 0.2) is 47.4 Å². The average molecular weight is 358 g/mol. The third kappa shape index (κ3) is 4.64. The smallest absolute Gasteiger partial charge is 0.297 e. The summed E-state index contributed by atoms with van der Waals surface area (Å²) in [6.07, 6.45) is -4.53. The van der Waals surface area contributed by atoms with Crippen molar-refractivity contribution < 1.29 is 22.4 Å². The van der Waals surface area contributed by atoms with Gasteiger partial charge < -0.3 is 0 Å². The zero-order valence-electron chi connectivity index (χ0n) is 12.6. The number of halogens is 4. The van der Waals surface area contributed by atoms with Gasteiger partial charge in [0.2, 0.25) is 0 Å². The molecule has 0 saturated carbocycles. The number of alkyl halides is 3. The van der Waals surface area contributed by atoms with Crippen molar-refractivity contribution in [3.8, 4) is 0 Å². The SMILES string of the molecule is CCSc1ccc(F)cc1NNC(=O)c1cccc(C(F)(F)F)c1. The Morgan fingerprint density at radius 1 is 1.17 bits per heavy atom. The first-order valence-corrected chi connectivity index (χ1v) is 7.95. The van der Waals surface area contributed by atoms with Gasteiger partial charge >= 0.3 is 6.18 Å². The highest BCUT2D eigenvalue weighted by atomic mass is 32.2. The summed E-state index contributed by atoms with van der Waals surface area (Å²) in [4.78, 5) is 12.7. The molecule has 8 heteroatoms. The van der Waals surface area contributed by atoms with Gasteiger partial charge in [-0.05, 0) is 42.2 Å². The number of anilines is 1. The molecule has 0 heterocycles. The van der Waals surface area contributed by atoms with E-state index in [0.29, 0.717) is 10.6 Å². The van der Waals surface area contributed by atoms with Gasteiger partial charge in [-0.1, -0.05) is 13.0 Å². The number of rotatable bonds is 5. The number of hydrogen-bond acceptors (Lipinski definition) is 3. The molecule has 0 bridgehead atoms. The Labute approximate surface area is 140 Å². The van der Waals surface area contributed by atoms with Gasteiger partial charge in [0.15, 0.2) is 0 Å². The van der Waals surface area contributed by atoms with Crippen LogP contribution in [-0.4, -0.2) is 11.7 Å². The summed E-state index contributed by atoms with van der Waals surface area (Å²) in [6, 6.07) is 8.10. The molecule has 2 aromatic rings. The van der Waals surface area contributed by atoms with E-state index in [9.17, 15) is 22.4 Å². The molecule has 3 nitrogen and oxygen atoms in total. The first-order valence-electron chi connectivity index (χ1n) is 6.97. The lowest BCUT2D eigenvalue weighted by Gasteiger charge is -2.13. The summed E-state index contributed by atoms with van der Waals surface area (Å²) in [7, 11) is 0. The van der Waals surface area contributed by atoms with Crippen molar-refractivity contribution in [1.29, 1.82) is 0 Å². The van der Waals surface area contributed by atoms with Crippen LogP contribution in [0.3, 0.4) is 0 Å². The normalized spacial score (nSPS) is 11.2. The van der Waals surface area contributed by atoms with Crippen molar-refractivity contribution >= 4 is 23.4 Å². The summed E-state index contributed by atoms with van der Waals surface area (Å²) in [5, 5.41) is 0. The summed E-state index contributed by atoms with van der Waals surface area (Å²) >= 11 is 1.43. The molecule has 0 aromatic heterocycles. The number of nitrogens with one attached hydrogen (secondary N) is 2. The monoisotopic (exact) mass is 358 g/mol. The Hall–Kier alpha value is -2.22. The lowest BCUT2D eigenvalue weighted by molar-refractivity contribution is -0.137. The number of hydrazine groups is 1. The quantitative estimate of drug-likeness (QED) is 0.462. The van der Waals surface area contributed by atoms with Crippen LogP contribution in [-0.2, 0) is 6.18 Å². The molecule has 0 spiro atoms. The first-order chi connectivity index (χ1) is 11.3. The van der Waals surface area contributed by atoms with E-state index in [0.717, 1.165) is 24.0 Å². The molecule has 0 fully saturated rings. The molecule has 2 aromatic carbocycles. The zero-order chi connectivity index (χ0) is 17.7. The standard InChI is InChI=1S/C16H14F4N2OS/c1-2-24-14-7-6-12(17)9-13(14)21-22-15(23)10-4-3-5-11(8-10)16(18,19)20/h3-9,21H,2H2,1H3,(H,22,23). The molecular formula is C16H14F4N2OS. The van der Waals surface area contributed by atoms with E-state index >= 15 is 0 Å². The van der Waals surface area contributed by atoms with Crippen LogP contribution in [0.2, 0.25) is 0 Å². The Kier molecular flexibility index (Phi) is 5.71. The first kappa shape index (κ1) is 18.1. The van der Waals surface area contributed by atoms with E-state index in [1.807, 2.05) is 6.92 Å². The Balaban J connectivity index is 2.13. The van der Waals surface area contributed by atoms with Gasteiger partial charge in [-0.15, -0.1) is 11.8 Å².